The molecule has 0 saturated heterocycles. The molecule has 0 bridgehead atoms. The number of ether oxygens (including phenoxy) is 2. The molecule has 0 aromatic heterocycles. The van der Waals surface area contributed by atoms with Crippen molar-refractivity contribution in [2.24, 2.45) is 0 Å². The van der Waals surface area contributed by atoms with Crippen LogP contribution in [0.4, 0.5) is 0 Å². The number of aromatic hydroxyl groups is 3. The van der Waals surface area contributed by atoms with Crippen molar-refractivity contribution in [1.29, 1.82) is 0 Å². The van der Waals surface area contributed by atoms with Gasteiger partial charge in [0.15, 0.2) is 17.3 Å². The Hall–Kier alpha value is -3.93. The highest BCUT2D eigenvalue weighted by atomic mass is 16.5. The fraction of sp³-hybridized carbons (Fsp3) is 0.0870. The van der Waals surface area contributed by atoms with Gasteiger partial charge in [0.25, 0.3) is 0 Å². The minimum absolute atomic E-state index is 0.283. The molecule has 0 aliphatic heterocycles. The van der Waals surface area contributed by atoms with Crippen molar-refractivity contribution in [2.45, 2.75) is 6.61 Å². The highest BCUT2D eigenvalue weighted by molar-refractivity contribution is 6.10. The molecule has 0 aliphatic carbocycles. The van der Waals surface area contributed by atoms with E-state index in [1.165, 1.54) is 19.3 Å². The molecule has 0 heterocycles. The Morgan fingerprint density at radius 1 is 0.931 bits per heavy atom. The summed E-state index contributed by atoms with van der Waals surface area (Å²) in [5, 5.41) is 28.9. The van der Waals surface area contributed by atoms with E-state index >= 15 is 0 Å². The Morgan fingerprint density at radius 3 is 2.28 bits per heavy atom. The molecule has 0 fully saturated rings. The predicted molar refractivity (Wildman–Crippen MR) is 109 cm³/mol. The molecule has 0 saturated carbocycles. The van der Waals surface area contributed by atoms with Crippen LogP contribution in [0.2, 0.25) is 0 Å². The second kappa shape index (κ2) is 8.84. The molecule has 0 atom stereocenters. The van der Waals surface area contributed by atoms with Gasteiger partial charge in [-0.2, -0.15) is 0 Å². The van der Waals surface area contributed by atoms with Crippen LogP contribution in [0, 0.1) is 0 Å². The number of ketones is 1. The van der Waals surface area contributed by atoms with Crippen molar-refractivity contribution in [3.8, 4) is 28.7 Å². The van der Waals surface area contributed by atoms with Crippen molar-refractivity contribution < 1.29 is 29.6 Å². The van der Waals surface area contributed by atoms with Crippen molar-refractivity contribution in [3.63, 3.8) is 0 Å². The van der Waals surface area contributed by atoms with Crippen LogP contribution in [0.1, 0.15) is 21.5 Å². The SMILES string of the molecule is COc1cc(/C=C/C(=O)c2c(O)cc(O)cc2O)ccc1OCc1ccccc1. The number of hydrogen-bond donors (Lipinski definition) is 3. The second-order valence-corrected chi connectivity index (χ2v) is 6.24. The summed E-state index contributed by atoms with van der Waals surface area (Å²) < 4.78 is 11.2. The van der Waals surface area contributed by atoms with Crippen LogP contribution in [-0.4, -0.2) is 28.2 Å². The fourth-order valence-corrected chi connectivity index (χ4v) is 2.75. The van der Waals surface area contributed by atoms with Crippen molar-refractivity contribution in [2.75, 3.05) is 7.11 Å². The lowest BCUT2D eigenvalue weighted by molar-refractivity contribution is 0.104. The van der Waals surface area contributed by atoms with Crippen LogP contribution in [0.25, 0.3) is 6.08 Å². The van der Waals surface area contributed by atoms with E-state index < -0.39 is 17.3 Å². The van der Waals surface area contributed by atoms with E-state index in [2.05, 4.69) is 0 Å². The number of benzene rings is 3. The van der Waals surface area contributed by atoms with E-state index in [0.29, 0.717) is 23.7 Å². The molecular weight excluding hydrogens is 372 g/mol. The van der Waals surface area contributed by atoms with Gasteiger partial charge >= 0.3 is 0 Å². The average molecular weight is 392 g/mol. The van der Waals surface area contributed by atoms with Crippen molar-refractivity contribution in [3.05, 3.63) is 83.4 Å². The third-order valence-corrected chi connectivity index (χ3v) is 4.18. The molecule has 6 nitrogen and oxygen atoms in total. The Kier molecular flexibility index (Phi) is 6.04. The number of allylic oxidation sites excluding steroid dienone is 1. The Bertz CT molecular complexity index is 1020. The zero-order valence-corrected chi connectivity index (χ0v) is 15.7. The number of phenols is 3. The minimum atomic E-state index is -0.608. The highest BCUT2D eigenvalue weighted by Gasteiger charge is 2.15. The van der Waals surface area contributed by atoms with Gasteiger partial charge in [-0.05, 0) is 29.3 Å². The van der Waals surface area contributed by atoms with Gasteiger partial charge in [0, 0.05) is 12.1 Å². The first kappa shape index (κ1) is 19.8. The minimum Gasteiger partial charge on any atom is -0.508 e. The molecule has 0 amide bonds. The van der Waals surface area contributed by atoms with Crippen LogP contribution < -0.4 is 9.47 Å². The number of hydrogen-bond acceptors (Lipinski definition) is 6. The number of carbonyl (C=O) groups is 1. The largest absolute Gasteiger partial charge is 0.508 e. The van der Waals surface area contributed by atoms with E-state index in [1.807, 2.05) is 30.3 Å². The molecule has 29 heavy (non-hydrogen) atoms. The topological polar surface area (TPSA) is 96.2 Å². The van der Waals surface area contributed by atoms with Crippen molar-refractivity contribution in [1.82, 2.24) is 0 Å². The third kappa shape index (κ3) is 4.87. The van der Waals surface area contributed by atoms with Crippen LogP contribution in [0.3, 0.4) is 0 Å². The number of rotatable bonds is 7. The Labute approximate surface area is 167 Å². The van der Waals surface area contributed by atoms with E-state index in [9.17, 15) is 20.1 Å². The molecule has 0 aliphatic rings. The Balaban J connectivity index is 1.75. The first-order valence-corrected chi connectivity index (χ1v) is 8.80. The molecule has 3 aromatic carbocycles. The standard InChI is InChI=1S/C23H20O6/c1-28-22-11-15(8-10-21(22)29-14-16-5-3-2-4-6-16)7-9-18(25)23-19(26)12-17(24)13-20(23)27/h2-13,24,26-27H,14H2,1H3/b9-7+. The zero-order valence-electron chi connectivity index (χ0n) is 15.7. The molecule has 0 unspecified atom stereocenters. The molecule has 148 valence electrons. The highest BCUT2D eigenvalue weighted by Crippen LogP contribution is 2.33. The van der Waals surface area contributed by atoms with Crippen LogP contribution in [0.5, 0.6) is 28.7 Å². The van der Waals surface area contributed by atoms with Crippen LogP contribution >= 0.6 is 0 Å². The fourth-order valence-electron chi connectivity index (χ4n) is 2.75. The monoisotopic (exact) mass is 392 g/mol. The first-order chi connectivity index (χ1) is 14.0. The van der Waals surface area contributed by atoms with Crippen LogP contribution in [-0.2, 0) is 6.61 Å². The van der Waals surface area contributed by atoms with Crippen LogP contribution in [0.15, 0.2) is 66.7 Å². The molecule has 0 radical (unpaired) electrons. The zero-order chi connectivity index (χ0) is 20.8. The summed E-state index contributed by atoms with van der Waals surface area (Å²) in [6.45, 7) is 0.393. The average Bonchev–Trinajstić information content (AvgIpc) is 2.71. The maximum Gasteiger partial charge on any atom is 0.193 e. The smallest absolute Gasteiger partial charge is 0.193 e. The molecule has 3 rings (SSSR count). The lowest BCUT2D eigenvalue weighted by Crippen LogP contribution is -1.98. The van der Waals surface area contributed by atoms with Gasteiger partial charge in [-0.1, -0.05) is 42.5 Å². The number of methoxy groups -OCH3 is 1. The van der Waals surface area contributed by atoms with E-state index in [1.54, 1.807) is 18.2 Å². The summed E-state index contributed by atoms with van der Waals surface area (Å²) >= 11 is 0. The summed E-state index contributed by atoms with van der Waals surface area (Å²) in [5.74, 6) is -0.877. The summed E-state index contributed by atoms with van der Waals surface area (Å²) in [6, 6.07) is 16.9. The van der Waals surface area contributed by atoms with Gasteiger partial charge < -0.3 is 24.8 Å². The second-order valence-electron chi connectivity index (χ2n) is 6.24. The van der Waals surface area contributed by atoms with Gasteiger partial charge in [0.2, 0.25) is 0 Å². The summed E-state index contributed by atoms with van der Waals surface area (Å²) in [7, 11) is 1.52. The van der Waals surface area contributed by atoms with E-state index in [-0.39, 0.29) is 11.3 Å². The van der Waals surface area contributed by atoms with Gasteiger partial charge in [-0.15, -0.1) is 0 Å². The molecule has 3 N–H and O–H groups in total. The Morgan fingerprint density at radius 2 is 1.62 bits per heavy atom. The summed E-state index contributed by atoms with van der Waals surface area (Å²) in [5.41, 5.74) is 1.41. The van der Waals surface area contributed by atoms with Gasteiger partial charge in [0.05, 0.1) is 7.11 Å². The van der Waals surface area contributed by atoms with Crippen molar-refractivity contribution >= 4 is 11.9 Å². The van der Waals surface area contributed by atoms with Gasteiger partial charge in [0.1, 0.15) is 29.4 Å². The summed E-state index contributed by atoms with van der Waals surface area (Å²) in [4.78, 5) is 12.3. The number of phenolic OH excluding ortho intramolecular Hbond substituents is 3. The quantitative estimate of drug-likeness (QED) is 0.410. The lowest BCUT2D eigenvalue weighted by atomic mass is 10.1. The molecule has 3 aromatic rings. The maximum absolute atomic E-state index is 12.3. The molecular formula is C23H20O6. The third-order valence-electron chi connectivity index (χ3n) is 4.18. The predicted octanol–water partition coefficient (Wildman–Crippen LogP) is 4.29. The number of carbonyl (C=O) groups excluding carboxylic acids is 1. The van der Waals surface area contributed by atoms with E-state index in [0.717, 1.165) is 17.7 Å². The normalized spacial score (nSPS) is 10.8. The molecule has 6 heteroatoms. The van der Waals surface area contributed by atoms with Gasteiger partial charge in [-0.25, -0.2) is 0 Å². The van der Waals surface area contributed by atoms with E-state index in [4.69, 9.17) is 9.47 Å². The molecule has 0 spiro atoms. The maximum atomic E-state index is 12.3. The summed E-state index contributed by atoms with van der Waals surface area (Å²) in [6.07, 6.45) is 2.74. The lowest BCUT2D eigenvalue weighted by Gasteiger charge is -2.11. The van der Waals surface area contributed by atoms with Gasteiger partial charge in [-0.3, -0.25) is 4.79 Å². The first-order valence-electron chi connectivity index (χ1n) is 8.80.